The van der Waals surface area contributed by atoms with Crippen LogP contribution in [0.3, 0.4) is 0 Å². The van der Waals surface area contributed by atoms with E-state index in [1.807, 2.05) is 0 Å². The number of aliphatic hydroxyl groups is 4. The average molecular weight is 569 g/mol. The van der Waals surface area contributed by atoms with E-state index in [1.165, 1.54) is 0 Å². The Morgan fingerprint density at radius 1 is 0.686 bits per heavy atom. The summed E-state index contributed by atoms with van der Waals surface area (Å²) in [5.74, 6) is -3.04. The van der Waals surface area contributed by atoms with Crippen LogP contribution in [0, 0.1) is 10.8 Å². The molecule has 10 N–H and O–H groups in total. The molecule has 2 unspecified atom stereocenters. The van der Waals surface area contributed by atoms with E-state index in [2.05, 4.69) is 10.6 Å². The van der Waals surface area contributed by atoms with Crippen molar-refractivity contribution in [2.75, 3.05) is 26.3 Å². The first-order valence-electron chi connectivity index (χ1n) is 10.2. The molecule has 0 fully saturated rings. The van der Waals surface area contributed by atoms with Gasteiger partial charge in [0.15, 0.2) is 0 Å². The van der Waals surface area contributed by atoms with Crippen molar-refractivity contribution in [2.45, 2.75) is 65.6 Å². The van der Waals surface area contributed by atoms with Gasteiger partial charge >= 0.3 is 87.4 Å². The predicted molar refractivity (Wildman–Crippen MR) is 134 cm³/mol. The number of hydrogen-bond donors (Lipinski definition) is 8. The molecule has 0 saturated carbocycles. The van der Waals surface area contributed by atoms with Crippen molar-refractivity contribution >= 4 is 99.2 Å². The van der Waals surface area contributed by atoms with E-state index in [1.54, 1.807) is 27.7 Å². The number of nitrogens with one attached hydrogen (secondary N) is 2. The number of aliphatic hydroxyl groups excluding tert-OH is 4. The molecule has 0 aromatic rings. The van der Waals surface area contributed by atoms with Gasteiger partial charge in [0.05, 0.1) is 13.2 Å². The summed E-state index contributed by atoms with van der Waals surface area (Å²) in [6.45, 7) is 6.03. The molecule has 0 heterocycles. The molecule has 2 atom stereocenters. The van der Waals surface area contributed by atoms with Crippen LogP contribution in [0.1, 0.15) is 53.4 Å². The fourth-order valence-corrected chi connectivity index (χ4v) is 1.98. The predicted octanol–water partition coefficient (Wildman–Crippen LogP) is -3.96. The molecule has 0 aromatic heterocycles. The first-order chi connectivity index (χ1) is 14.6. The van der Waals surface area contributed by atoms with Gasteiger partial charge < -0.3 is 46.7 Å². The summed E-state index contributed by atoms with van der Waals surface area (Å²) in [6, 6.07) is 0. The number of rotatable bonds is 14. The molecule has 0 aromatic carbocycles. The van der Waals surface area contributed by atoms with Gasteiger partial charge in [0, 0.05) is 36.8 Å². The molecule has 0 aliphatic rings. The SMILES string of the molecule is CC(C)(CO)C(O)C(=O)NCCCC(=O)O.CC(C)(CO)C(O)C(=O)NCCCC(=O)O.O.[CaH2].[CaH2]. The van der Waals surface area contributed by atoms with E-state index < -0.39 is 46.8 Å². The van der Waals surface area contributed by atoms with E-state index in [0.717, 1.165) is 0 Å². The summed E-state index contributed by atoms with van der Waals surface area (Å²) < 4.78 is 0. The summed E-state index contributed by atoms with van der Waals surface area (Å²) >= 11 is 0. The Morgan fingerprint density at radius 3 is 1.14 bits per heavy atom. The third-order valence-electron chi connectivity index (χ3n) is 4.53. The van der Waals surface area contributed by atoms with Crippen LogP contribution >= 0.6 is 0 Å². The zero-order valence-corrected chi connectivity index (χ0v) is 19.6. The van der Waals surface area contributed by atoms with Crippen LogP contribution < -0.4 is 10.6 Å². The van der Waals surface area contributed by atoms with Crippen LogP contribution in [-0.4, -0.2) is 174 Å². The Balaban J connectivity index is -0.000000158. The monoisotopic (exact) mass is 568 g/mol. The molecule has 0 aliphatic carbocycles. The van der Waals surface area contributed by atoms with Crippen molar-refractivity contribution in [1.82, 2.24) is 10.6 Å². The number of hydrogen-bond acceptors (Lipinski definition) is 8. The van der Waals surface area contributed by atoms with Gasteiger partial charge in [-0.1, -0.05) is 27.7 Å². The Bertz CT molecular complexity index is 568. The number of aliphatic carboxylic acids is 2. The van der Waals surface area contributed by atoms with Crippen molar-refractivity contribution in [1.29, 1.82) is 0 Å². The molecule has 0 spiro atoms. The fraction of sp³-hybridized carbons (Fsp3) is 0.800. The second kappa shape index (κ2) is 23.3. The Kier molecular flexibility index (Phi) is 30.1. The van der Waals surface area contributed by atoms with E-state index in [4.69, 9.17) is 20.4 Å². The number of carbonyl (C=O) groups is 4. The van der Waals surface area contributed by atoms with Gasteiger partial charge in [-0.05, 0) is 12.8 Å². The van der Waals surface area contributed by atoms with E-state index in [9.17, 15) is 29.4 Å². The third-order valence-corrected chi connectivity index (χ3v) is 4.53. The number of carboxylic acid groups (broad SMARTS) is 2. The maximum absolute atomic E-state index is 11.4. The van der Waals surface area contributed by atoms with Crippen molar-refractivity contribution in [3.63, 3.8) is 0 Å². The first kappa shape index (κ1) is 45.1. The van der Waals surface area contributed by atoms with Crippen LogP contribution in [-0.2, 0) is 19.2 Å². The first-order valence-corrected chi connectivity index (χ1v) is 10.2. The Hall–Kier alpha value is 0.199. The van der Waals surface area contributed by atoms with Gasteiger partial charge in [0.2, 0.25) is 11.8 Å². The zero-order chi connectivity index (χ0) is 25.5. The van der Waals surface area contributed by atoms with E-state index in [0.29, 0.717) is 12.8 Å². The molecule has 0 saturated heterocycles. The Morgan fingerprint density at radius 2 is 0.943 bits per heavy atom. The van der Waals surface area contributed by atoms with Crippen LogP contribution in [0.25, 0.3) is 0 Å². The molecule has 0 radical (unpaired) electrons. The molecule has 0 aliphatic heterocycles. The summed E-state index contributed by atoms with van der Waals surface area (Å²) in [7, 11) is 0. The van der Waals surface area contributed by atoms with Gasteiger partial charge in [-0.25, -0.2) is 0 Å². The molecular weight excluding hydrogens is 524 g/mol. The normalized spacial score (nSPS) is 12.1. The second-order valence-corrected chi connectivity index (χ2v) is 8.68. The van der Waals surface area contributed by atoms with Crippen LogP contribution in [0.15, 0.2) is 0 Å². The van der Waals surface area contributed by atoms with Gasteiger partial charge in [-0.15, -0.1) is 0 Å². The number of carboxylic acids is 2. The summed E-state index contributed by atoms with van der Waals surface area (Å²) in [4.78, 5) is 43.1. The summed E-state index contributed by atoms with van der Waals surface area (Å²) in [5.41, 5.74) is -1.81. The van der Waals surface area contributed by atoms with E-state index >= 15 is 0 Å². The van der Waals surface area contributed by atoms with Gasteiger partial charge in [-0.3, -0.25) is 19.2 Å². The minimum atomic E-state index is -1.30. The van der Waals surface area contributed by atoms with Crippen molar-refractivity contribution < 1.29 is 55.3 Å². The van der Waals surface area contributed by atoms with E-state index in [-0.39, 0.29) is 120 Å². The molecular formula is C20H44Ca2N2O11. The van der Waals surface area contributed by atoms with Gasteiger partial charge in [-0.2, -0.15) is 0 Å². The van der Waals surface area contributed by atoms with Crippen LogP contribution in [0.4, 0.5) is 0 Å². The molecule has 0 bridgehead atoms. The quantitative estimate of drug-likeness (QED) is 0.0746. The molecule has 15 heteroatoms. The molecule has 2 amide bonds. The topological polar surface area (TPSA) is 245 Å². The van der Waals surface area contributed by atoms with Gasteiger partial charge in [0.25, 0.3) is 0 Å². The fourth-order valence-electron chi connectivity index (χ4n) is 1.98. The average Bonchev–Trinajstić information content (AvgIpc) is 2.72. The van der Waals surface area contributed by atoms with Crippen LogP contribution in [0.5, 0.6) is 0 Å². The zero-order valence-electron chi connectivity index (χ0n) is 19.6. The summed E-state index contributed by atoms with van der Waals surface area (Å²) in [6.07, 6.45) is -2.04. The van der Waals surface area contributed by atoms with Crippen LogP contribution in [0.2, 0.25) is 0 Å². The summed E-state index contributed by atoms with van der Waals surface area (Å²) in [5, 5.41) is 58.6. The van der Waals surface area contributed by atoms with Gasteiger partial charge in [0.1, 0.15) is 12.2 Å². The maximum atomic E-state index is 11.4. The van der Waals surface area contributed by atoms with Crippen molar-refractivity contribution in [3.8, 4) is 0 Å². The molecule has 13 nitrogen and oxygen atoms in total. The molecule has 35 heavy (non-hydrogen) atoms. The third kappa shape index (κ3) is 21.9. The number of carbonyl (C=O) groups excluding carboxylic acids is 2. The van der Waals surface area contributed by atoms with Crippen molar-refractivity contribution in [3.05, 3.63) is 0 Å². The molecule has 204 valence electrons. The van der Waals surface area contributed by atoms with Crippen molar-refractivity contribution in [2.24, 2.45) is 10.8 Å². The Labute approximate surface area is 265 Å². The molecule has 0 rings (SSSR count). The standard InChI is InChI=1S/2C10H19NO5.2Ca.H2O.4H/c2*1-10(2,6-12)8(15)9(16)11-5-3-4-7(13)14;;;;;;;/h2*8,12,15H,3-6H2,1-2H3,(H,11,16)(H,13,14);;;1H2;;;;. The second-order valence-electron chi connectivity index (χ2n) is 8.68. The number of amides is 2. The minimum absolute atomic E-state index is 0.